The molecule has 11 nitrogen and oxygen atoms in total. The summed E-state index contributed by atoms with van der Waals surface area (Å²) in [6.45, 7) is 5.59. The van der Waals surface area contributed by atoms with E-state index in [2.05, 4.69) is 34.1 Å². The van der Waals surface area contributed by atoms with Gasteiger partial charge < -0.3 is 28.4 Å². The molecule has 0 radical (unpaired) electrons. The van der Waals surface area contributed by atoms with Crippen LogP contribution >= 0.6 is 27.3 Å². The van der Waals surface area contributed by atoms with Crippen LogP contribution < -0.4 is 33.8 Å². The van der Waals surface area contributed by atoms with Crippen molar-refractivity contribution in [1.82, 2.24) is 4.57 Å². The highest BCUT2D eigenvalue weighted by atomic mass is 79.9. The molecule has 0 bridgehead atoms. The van der Waals surface area contributed by atoms with Crippen molar-refractivity contribution in [2.75, 3.05) is 34.0 Å². The van der Waals surface area contributed by atoms with E-state index >= 15 is 0 Å². The molecule has 0 saturated carbocycles. The molecule has 0 aliphatic carbocycles. The van der Waals surface area contributed by atoms with Crippen LogP contribution in [-0.4, -0.2) is 50.5 Å². The molecule has 274 valence electrons. The van der Waals surface area contributed by atoms with Crippen LogP contribution in [0, 0.1) is 0 Å². The first kappa shape index (κ1) is 37.4. The Morgan fingerprint density at radius 2 is 1.72 bits per heavy atom. The van der Waals surface area contributed by atoms with Gasteiger partial charge in [0, 0.05) is 10.0 Å². The number of carbonyl (C=O) groups excluding carboxylic acids is 2. The number of allylic oxidation sites excluding steroid dienone is 1. The molecule has 1 aliphatic rings. The second kappa shape index (κ2) is 16.5. The molecule has 1 atom stereocenters. The molecule has 1 aromatic heterocycles. The van der Waals surface area contributed by atoms with Gasteiger partial charge in [0.15, 0.2) is 34.4 Å². The number of ether oxygens (including phenoxy) is 6. The van der Waals surface area contributed by atoms with Crippen LogP contribution in [-0.2, 0) is 25.7 Å². The van der Waals surface area contributed by atoms with Gasteiger partial charge >= 0.3 is 11.9 Å². The van der Waals surface area contributed by atoms with Crippen molar-refractivity contribution in [3.8, 4) is 23.0 Å². The summed E-state index contributed by atoms with van der Waals surface area (Å²) in [5.74, 6) is 0.401. The number of halogens is 1. The lowest BCUT2D eigenvalue weighted by atomic mass is 9.95. The van der Waals surface area contributed by atoms with Crippen molar-refractivity contribution in [3.63, 3.8) is 0 Å². The lowest BCUT2D eigenvalue weighted by Crippen LogP contribution is -2.40. The molecule has 1 aliphatic heterocycles. The van der Waals surface area contributed by atoms with Gasteiger partial charge in [-0.15, -0.1) is 0 Å². The average molecular weight is 802 g/mol. The fourth-order valence-electron chi connectivity index (χ4n) is 6.10. The van der Waals surface area contributed by atoms with Crippen molar-refractivity contribution in [2.45, 2.75) is 33.4 Å². The van der Waals surface area contributed by atoms with Gasteiger partial charge in [-0.3, -0.25) is 9.36 Å². The van der Waals surface area contributed by atoms with E-state index in [1.54, 1.807) is 51.3 Å². The summed E-state index contributed by atoms with van der Waals surface area (Å²) in [5.41, 5.74) is 2.38. The lowest BCUT2D eigenvalue weighted by molar-refractivity contribution is -0.143. The quantitative estimate of drug-likeness (QED) is 0.127. The van der Waals surface area contributed by atoms with Gasteiger partial charge in [0.1, 0.15) is 6.61 Å². The van der Waals surface area contributed by atoms with E-state index in [0.29, 0.717) is 55.8 Å². The fourth-order valence-corrected chi connectivity index (χ4v) is 7.59. The fraction of sp³-hybridized carbons (Fsp3) is 0.250. The minimum absolute atomic E-state index is 0.128. The Morgan fingerprint density at radius 1 is 0.925 bits per heavy atom. The van der Waals surface area contributed by atoms with Gasteiger partial charge in [-0.05, 0) is 73.0 Å². The summed E-state index contributed by atoms with van der Waals surface area (Å²) in [5, 5.41) is 2.17. The largest absolute Gasteiger partial charge is 0.493 e. The molecule has 0 spiro atoms. The van der Waals surface area contributed by atoms with Gasteiger partial charge in [-0.25, -0.2) is 14.6 Å². The van der Waals surface area contributed by atoms with Crippen LogP contribution in [0.1, 0.15) is 43.5 Å². The predicted octanol–water partition coefficient (Wildman–Crippen LogP) is 6.25. The number of hydrogen-bond donors (Lipinski definition) is 0. The number of methoxy groups -OCH3 is 2. The highest BCUT2D eigenvalue weighted by molar-refractivity contribution is 9.10. The second-order valence-corrected chi connectivity index (χ2v) is 13.7. The molecule has 2 heterocycles. The number of fused-ring (bicyclic) bond motifs is 2. The zero-order chi connectivity index (χ0) is 37.6. The van der Waals surface area contributed by atoms with E-state index in [1.165, 1.54) is 23.0 Å². The maximum atomic E-state index is 14.5. The van der Waals surface area contributed by atoms with Crippen molar-refractivity contribution in [1.29, 1.82) is 0 Å². The zero-order valence-corrected chi connectivity index (χ0v) is 32.2. The Bertz CT molecular complexity index is 2410. The van der Waals surface area contributed by atoms with Crippen LogP contribution in [0.15, 0.2) is 98.3 Å². The Balaban J connectivity index is 1.48. The average Bonchev–Trinajstić information content (AvgIpc) is 3.46. The molecular formula is C40H37BrN2O9S. The highest BCUT2D eigenvalue weighted by Gasteiger charge is 2.34. The molecule has 0 fully saturated rings. The molecule has 53 heavy (non-hydrogen) atoms. The number of rotatable bonds is 13. The smallest absolute Gasteiger partial charge is 0.343 e. The molecular weight excluding hydrogens is 764 g/mol. The third kappa shape index (κ3) is 7.86. The number of esters is 2. The first-order valence-electron chi connectivity index (χ1n) is 16.8. The van der Waals surface area contributed by atoms with E-state index in [0.717, 1.165) is 20.8 Å². The molecule has 0 unspecified atom stereocenters. The normalized spacial score (nSPS) is 14.0. The number of nitrogens with zero attached hydrogens (tertiary/aromatic N) is 2. The monoisotopic (exact) mass is 800 g/mol. The molecule has 6 rings (SSSR count). The maximum Gasteiger partial charge on any atom is 0.343 e. The molecule has 13 heteroatoms. The first-order chi connectivity index (χ1) is 25.7. The SMILES string of the molecule is CCOC(=O)C1=C(C)N=c2s/c(=C/c3cc(Br)cc(OC)c3OCc3cccc4ccccc34)c(=O)n2[C@@H]1c1ccc(OCC(=O)OC)c(OCC)c1. The maximum absolute atomic E-state index is 14.5. The molecule has 0 amide bonds. The van der Waals surface area contributed by atoms with Gasteiger partial charge in [0.05, 0.1) is 49.3 Å². The van der Waals surface area contributed by atoms with Crippen molar-refractivity contribution in [2.24, 2.45) is 4.99 Å². The van der Waals surface area contributed by atoms with Gasteiger partial charge in [0.2, 0.25) is 0 Å². The number of carbonyl (C=O) groups is 2. The minimum atomic E-state index is -0.916. The van der Waals surface area contributed by atoms with Crippen LogP contribution in [0.3, 0.4) is 0 Å². The summed E-state index contributed by atoms with van der Waals surface area (Å²) < 4.78 is 36.5. The Kier molecular flexibility index (Phi) is 11.6. The topological polar surface area (TPSA) is 124 Å². The number of aromatic nitrogens is 1. The summed E-state index contributed by atoms with van der Waals surface area (Å²) in [6, 6.07) is 21.9. The lowest BCUT2D eigenvalue weighted by Gasteiger charge is -2.25. The standard InChI is InChI=1S/C40H37BrN2O9S/c1-6-49-31-18-25(15-16-30(31)51-22-34(44)48-5)36-35(39(46)50-7-2)23(3)42-40-43(36)38(45)33(53-40)19-27-17-28(41)20-32(47-4)37(27)52-21-26-13-10-12-24-11-8-9-14-29(24)26/h8-20,36H,6-7,21-22H2,1-5H3/b33-19+/t36-/m1/s1. The second-order valence-electron chi connectivity index (χ2n) is 11.8. The van der Waals surface area contributed by atoms with Crippen molar-refractivity contribution in [3.05, 3.63) is 125 Å². The van der Waals surface area contributed by atoms with E-state index in [1.807, 2.05) is 37.3 Å². The van der Waals surface area contributed by atoms with Crippen LogP contribution in [0.2, 0.25) is 0 Å². The van der Waals surface area contributed by atoms with Crippen molar-refractivity contribution >= 4 is 56.1 Å². The number of thiazole rings is 1. The van der Waals surface area contributed by atoms with E-state index < -0.39 is 18.0 Å². The first-order valence-corrected chi connectivity index (χ1v) is 18.4. The Morgan fingerprint density at radius 3 is 2.47 bits per heavy atom. The van der Waals surface area contributed by atoms with E-state index in [-0.39, 0.29) is 31.0 Å². The molecule has 4 aromatic carbocycles. The van der Waals surface area contributed by atoms with E-state index in [4.69, 9.17) is 33.4 Å². The van der Waals surface area contributed by atoms with E-state index in [9.17, 15) is 14.4 Å². The zero-order valence-electron chi connectivity index (χ0n) is 29.8. The summed E-state index contributed by atoms with van der Waals surface area (Å²) in [4.78, 5) is 44.9. The van der Waals surface area contributed by atoms with Crippen LogP contribution in [0.4, 0.5) is 0 Å². The third-order valence-electron chi connectivity index (χ3n) is 8.48. The van der Waals surface area contributed by atoms with Crippen molar-refractivity contribution < 1.29 is 38.0 Å². The third-order valence-corrected chi connectivity index (χ3v) is 9.92. The summed E-state index contributed by atoms with van der Waals surface area (Å²) >= 11 is 4.77. The minimum Gasteiger partial charge on any atom is -0.493 e. The van der Waals surface area contributed by atoms with Gasteiger partial charge in [-0.1, -0.05) is 75.8 Å². The van der Waals surface area contributed by atoms with Crippen LogP contribution in [0.5, 0.6) is 23.0 Å². The Hall–Kier alpha value is -5.40. The predicted molar refractivity (Wildman–Crippen MR) is 204 cm³/mol. The number of benzene rings is 4. The highest BCUT2D eigenvalue weighted by Crippen LogP contribution is 2.38. The molecule has 5 aromatic rings. The summed E-state index contributed by atoms with van der Waals surface area (Å²) in [6.07, 6.45) is 1.74. The molecule has 0 saturated heterocycles. The number of hydrogen-bond acceptors (Lipinski definition) is 11. The van der Waals surface area contributed by atoms with Gasteiger partial charge in [-0.2, -0.15) is 0 Å². The van der Waals surface area contributed by atoms with Crippen LogP contribution in [0.25, 0.3) is 16.8 Å². The van der Waals surface area contributed by atoms with Gasteiger partial charge in [0.25, 0.3) is 5.56 Å². The molecule has 0 N–H and O–H groups in total. The Labute approximate surface area is 317 Å². The summed E-state index contributed by atoms with van der Waals surface area (Å²) in [7, 11) is 2.83.